The van der Waals surface area contributed by atoms with Gasteiger partial charge in [-0.15, -0.1) is 0 Å². The number of ether oxygens (including phenoxy) is 1. The number of rotatable bonds is 3. The standard InChI is InChI=1S/C14H18F3NO2/c1-9(12(19)20-13(2,3)4)18-11-7-5-10(6-8-11)14(15,16)17/h5-9,18H,1-4H3. The Bertz CT molecular complexity index is 461. The maximum Gasteiger partial charge on any atom is 0.416 e. The minimum absolute atomic E-state index is 0.427. The third-order valence-electron chi connectivity index (χ3n) is 2.36. The molecule has 0 aliphatic heterocycles. The lowest BCUT2D eigenvalue weighted by molar-refractivity contribution is -0.155. The van der Waals surface area contributed by atoms with E-state index in [1.165, 1.54) is 12.1 Å². The SMILES string of the molecule is CC(Nc1ccc(C(F)(F)F)cc1)C(=O)OC(C)(C)C. The summed E-state index contributed by atoms with van der Waals surface area (Å²) in [5.41, 5.74) is -0.906. The highest BCUT2D eigenvalue weighted by atomic mass is 19.4. The third kappa shape index (κ3) is 5.11. The number of carbonyl (C=O) groups excluding carboxylic acids is 1. The van der Waals surface area contributed by atoms with Crippen molar-refractivity contribution < 1.29 is 22.7 Å². The van der Waals surface area contributed by atoms with E-state index >= 15 is 0 Å². The molecule has 0 spiro atoms. The normalized spacial score (nSPS) is 13.8. The number of anilines is 1. The van der Waals surface area contributed by atoms with Gasteiger partial charge >= 0.3 is 12.1 Å². The van der Waals surface area contributed by atoms with E-state index in [4.69, 9.17) is 4.74 Å². The van der Waals surface area contributed by atoms with Gasteiger partial charge in [0, 0.05) is 5.69 Å². The molecule has 0 amide bonds. The molecule has 1 atom stereocenters. The molecule has 1 rings (SSSR count). The van der Waals surface area contributed by atoms with Crippen LogP contribution in [-0.4, -0.2) is 17.6 Å². The Labute approximate surface area is 116 Å². The summed E-state index contributed by atoms with van der Waals surface area (Å²) in [6.45, 7) is 6.83. The molecule has 6 heteroatoms. The van der Waals surface area contributed by atoms with Crippen molar-refractivity contribution in [2.75, 3.05) is 5.32 Å². The summed E-state index contributed by atoms with van der Waals surface area (Å²) < 4.78 is 42.4. The Morgan fingerprint density at radius 2 is 1.65 bits per heavy atom. The molecule has 0 saturated carbocycles. The van der Waals surface area contributed by atoms with Crippen LogP contribution in [0.2, 0.25) is 0 Å². The van der Waals surface area contributed by atoms with Gasteiger partial charge in [0.25, 0.3) is 0 Å². The van der Waals surface area contributed by atoms with E-state index in [2.05, 4.69) is 5.32 Å². The molecule has 0 radical (unpaired) electrons. The van der Waals surface area contributed by atoms with Gasteiger partial charge in [-0.1, -0.05) is 0 Å². The second-order valence-corrected chi connectivity index (χ2v) is 5.47. The highest BCUT2D eigenvalue weighted by Crippen LogP contribution is 2.29. The Hall–Kier alpha value is -1.72. The highest BCUT2D eigenvalue weighted by molar-refractivity contribution is 5.79. The van der Waals surface area contributed by atoms with Crippen molar-refractivity contribution in [3.8, 4) is 0 Å². The predicted molar refractivity (Wildman–Crippen MR) is 70.4 cm³/mol. The number of esters is 1. The average Bonchev–Trinajstić information content (AvgIpc) is 2.26. The van der Waals surface area contributed by atoms with Gasteiger partial charge in [0.1, 0.15) is 11.6 Å². The molecule has 0 saturated heterocycles. The average molecular weight is 289 g/mol. The monoisotopic (exact) mass is 289 g/mol. The van der Waals surface area contributed by atoms with E-state index in [1.54, 1.807) is 27.7 Å². The van der Waals surface area contributed by atoms with Crippen LogP contribution in [0.15, 0.2) is 24.3 Å². The van der Waals surface area contributed by atoms with E-state index in [9.17, 15) is 18.0 Å². The molecule has 112 valence electrons. The van der Waals surface area contributed by atoms with Crippen molar-refractivity contribution in [3.05, 3.63) is 29.8 Å². The first-order valence-corrected chi connectivity index (χ1v) is 6.16. The molecule has 1 unspecified atom stereocenters. The van der Waals surface area contributed by atoms with Crippen LogP contribution in [0.5, 0.6) is 0 Å². The summed E-state index contributed by atoms with van der Waals surface area (Å²) >= 11 is 0. The van der Waals surface area contributed by atoms with Crippen LogP contribution in [0.1, 0.15) is 33.3 Å². The smallest absolute Gasteiger partial charge is 0.416 e. The molecular formula is C14H18F3NO2. The molecule has 0 aliphatic carbocycles. The number of benzene rings is 1. The molecular weight excluding hydrogens is 271 g/mol. The number of hydrogen-bond acceptors (Lipinski definition) is 3. The number of halogens is 3. The molecule has 0 heterocycles. The molecule has 1 N–H and O–H groups in total. The zero-order chi connectivity index (χ0) is 15.6. The van der Waals surface area contributed by atoms with Gasteiger partial charge in [-0.05, 0) is 52.0 Å². The highest BCUT2D eigenvalue weighted by Gasteiger charge is 2.30. The summed E-state index contributed by atoms with van der Waals surface area (Å²) in [4.78, 5) is 11.7. The van der Waals surface area contributed by atoms with Crippen LogP contribution >= 0.6 is 0 Å². The lowest BCUT2D eigenvalue weighted by Gasteiger charge is -2.23. The predicted octanol–water partition coefficient (Wildman–Crippen LogP) is 3.85. The Morgan fingerprint density at radius 3 is 2.05 bits per heavy atom. The fraction of sp³-hybridized carbons (Fsp3) is 0.500. The van der Waals surface area contributed by atoms with Crippen LogP contribution in [0.3, 0.4) is 0 Å². The first-order chi connectivity index (χ1) is 8.99. The fourth-order valence-electron chi connectivity index (χ4n) is 1.45. The van der Waals surface area contributed by atoms with Gasteiger partial charge < -0.3 is 10.1 Å². The molecule has 0 fully saturated rings. The van der Waals surface area contributed by atoms with Gasteiger partial charge in [0.15, 0.2) is 0 Å². The van der Waals surface area contributed by atoms with E-state index in [1.807, 2.05) is 0 Å². The molecule has 1 aromatic rings. The van der Waals surface area contributed by atoms with E-state index in [0.29, 0.717) is 5.69 Å². The van der Waals surface area contributed by atoms with E-state index in [0.717, 1.165) is 12.1 Å². The van der Waals surface area contributed by atoms with Crippen molar-refractivity contribution in [2.45, 2.75) is 45.5 Å². The lowest BCUT2D eigenvalue weighted by Crippen LogP contribution is -2.34. The van der Waals surface area contributed by atoms with Crippen LogP contribution in [-0.2, 0) is 15.7 Å². The van der Waals surface area contributed by atoms with Crippen LogP contribution < -0.4 is 5.32 Å². The van der Waals surface area contributed by atoms with E-state index < -0.39 is 29.4 Å². The quantitative estimate of drug-likeness (QED) is 0.859. The minimum Gasteiger partial charge on any atom is -0.458 e. The molecule has 0 aliphatic rings. The molecule has 0 aromatic heterocycles. The van der Waals surface area contributed by atoms with Crippen molar-refractivity contribution in [2.24, 2.45) is 0 Å². The second-order valence-electron chi connectivity index (χ2n) is 5.47. The van der Waals surface area contributed by atoms with E-state index in [-0.39, 0.29) is 0 Å². The lowest BCUT2D eigenvalue weighted by atomic mass is 10.1. The Morgan fingerprint density at radius 1 is 1.15 bits per heavy atom. The second kappa shape index (κ2) is 5.73. The number of alkyl halides is 3. The first kappa shape index (κ1) is 16.3. The van der Waals surface area contributed by atoms with Crippen LogP contribution in [0, 0.1) is 0 Å². The largest absolute Gasteiger partial charge is 0.458 e. The van der Waals surface area contributed by atoms with Crippen molar-refractivity contribution in [1.29, 1.82) is 0 Å². The number of nitrogens with one attached hydrogen (secondary N) is 1. The summed E-state index contributed by atoms with van der Waals surface area (Å²) in [7, 11) is 0. The van der Waals surface area contributed by atoms with Crippen LogP contribution in [0.4, 0.5) is 18.9 Å². The summed E-state index contributed by atoms with van der Waals surface area (Å²) in [5.74, 6) is -0.461. The van der Waals surface area contributed by atoms with Gasteiger partial charge in [-0.2, -0.15) is 13.2 Å². The topological polar surface area (TPSA) is 38.3 Å². The summed E-state index contributed by atoms with van der Waals surface area (Å²) in [6.07, 6.45) is -4.37. The fourth-order valence-corrected chi connectivity index (χ4v) is 1.45. The Kier molecular flexibility index (Phi) is 4.68. The summed E-state index contributed by atoms with van der Waals surface area (Å²) in [5, 5.41) is 2.80. The van der Waals surface area contributed by atoms with Crippen molar-refractivity contribution >= 4 is 11.7 Å². The Balaban J connectivity index is 2.67. The first-order valence-electron chi connectivity index (χ1n) is 6.16. The molecule has 20 heavy (non-hydrogen) atoms. The summed E-state index contributed by atoms with van der Waals surface area (Å²) in [6, 6.07) is 3.84. The number of hydrogen-bond donors (Lipinski definition) is 1. The van der Waals surface area contributed by atoms with Crippen molar-refractivity contribution in [1.82, 2.24) is 0 Å². The number of carbonyl (C=O) groups is 1. The van der Waals surface area contributed by atoms with Gasteiger partial charge in [-0.25, -0.2) is 4.79 Å². The van der Waals surface area contributed by atoms with Crippen LogP contribution in [0.25, 0.3) is 0 Å². The molecule has 1 aromatic carbocycles. The maximum atomic E-state index is 12.4. The zero-order valence-electron chi connectivity index (χ0n) is 11.8. The third-order valence-corrected chi connectivity index (χ3v) is 2.36. The zero-order valence-corrected chi connectivity index (χ0v) is 11.8. The minimum atomic E-state index is -4.37. The molecule has 0 bridgehead atoms. The molecule has 3 nitrogen and oxygen atoms in total. The van der Waals surface area contributed by atoms with Gasteiger partial charge in [0.2, 0.25) is 0 Å². The van der Waals surface area contributed by atoms with Gasteiger partial charge in [-0.3, -0.25) is 0 Å². The van der Waals surface area contributed by atoms with Gasteiger partial charge in [0.05, 0.1) is 5.56 Å². The maximum absolute atomic E-state index is 12.4. The van der Waals surface area contributed by atoms with Crippen molar-refractivity contribution in [3.63, 3.8) is 0 Å².